The molecule has 0 aliphatic heterocycles. The molecule has 1 aromatic carbocycles. The predicted octanol–water partition coefficient (Wildman–Crippen LogP) is 2.65. The molecule has 0 aromatic heterocycles. The Labute approximate surface area is 98.7 Å². The van der Waals surface area contributed by atoms with E-state index in [0.29, 0.717) is 12.0 Å². The molecule has 0 fully saturated rings. The van der Waals surface area contributed by atoms with Crippen LogP contribution in [0.3, 0.4) is 0 Å². The third-order valence-electron chi connectivity index (χ3n) is 2.06. The molecule has 0 atom stereocenters. The monoisotopic (exact) mass is 229 g/mol. The Bertz CT molecular complexity index is 534. The molecule has 17 heavy (non-hydrogen) atoms. The molecule has 0 bridgehead atoms. The van der Waals surface area contributed by atoms with Gasteiger partial charge in [-0.15, -0.1) is 0 Å². The van der Waals surface area contributed by atoms with Crippen LogP contribution in [0.25, 0.3) is 10.4 Å². The number of carbonyl (C=O) groups is 1. The average molecular weight is 229 g/mol. The second kappa shape index (κ2) is 6.21. The lowest BCUT2D eigenvalue weighted by molar-refractivity contribution is 0.0985. The largest absolute Gasteiger partial charge is 0.507 e. The molecular weight excluding hydrogens is 218 g/mol. The highest BCUT2D eigenvalue weighted by Crippen LogP contribution is 2.19. The van der Waals surface area contributed by atoms with Gasteiger partial charge >= 0.3 is 0 Å². The predicted molar refractivity (Wildman–Crippen MR) is 63.6 cm³/mol. The third-order valence-corrected chi connectivity index (χ3v) is 2.06. The number of phenols is 1. The first-order chi connectivity index (χ1) is 8.19. The molecular formula is C12H11N3O2. The van der Waals surface area contributed by atoms with Gasteiger partial charge in [0.2, 0.25) is 0 Å². The van der Waals surface area contributed by atoms with Crippen LogP contribution >= 0.6 is 0 Å². The van der Waals surface area contributed by atoms with Gasteiger partial charge in [-0.1, -0.05) is 23.9 Å². The molecule has 0 heterocycles. The zero-order valence-corrected chi connectivity index (χ0v) is 9.34. The summed E-state index contributed by atoms with van der Waals surface area (Å²) < 4.78 is 0. The number of azide groups is 1. The SMILES string of the molecule is CCC(=O)c1cc(C#CCN=[N+]=[N-])ccc1O. The molecule has 1 N–H and O–H groups in total. The van der Waals surface area contributed by atoms with Crippen molar-refractivity contribution in [2.45, 2.75) is 13.3 Å². The Morgan fingerprint density at radius 3 is 3.00 bits per heavy atom. The first-order valence-corrected chi connectivity index (χ1v) is 5.05. The van der Waals surface area contributed by atoms with E-state index in [0.717, 1.165) is 0 Å². The number of hydrogen-bond donors (Lipinski definition) is 1. The summed E-state index contributed by atoms with van der Waals surface area (Å²) in [5.41, 5.74) is 8.93. The highest BCUT2D eigenvalue weighted by atomic mass is 16.3. The normalized spacial score (nSPS) is 8.76. The Morgan fingerprint density at radius 1 is 1.59 bits per heavy atom. The van der Waals surface area contributed by atoms with Crippen molar-refractivity contribution in [3.63, 3.8) is 0 Å². The van der Waals surface area contributed by atoms with Gasteiger partial charge in [0, 0.05) is 16.9 Å². The number of rotatable bonds is 3. The maximum absolute atomic E-state index is 11.5. The van der Waals surface area contributed by atoms with Gasteiger partial charge in [-0.2, -0.15) is 0 Å². The van der Waals surface area contributed by atoms with Gasteiger partial charge in [0.15, 0.2) is 5.78 Å². The number of nitrogens with zero attached hydrogens (tertiary/aromatic N) is 3. The van der Waals surface area contributed by atoms with E-state index in [2.05, 4.69) is 21.9 Å². The summed E-state index contributed by atoms with van der Waals surface area (Å²) in [6.45, 7) is 1.80. The van der Waals surface area contributed by atoms with Gasteiger partial charge in [0.1, 0.15) is 5.75 Å². The zero-order chi connectivity index (χ0) is 12.7. The highest BCUT2D eigenvalue weighted by Gasteiger charge is 2.08. The van der Waals surface area contributed by atoms with Crippen molar-refractivity contribution < 1.29 is 9.90 Å². The fraction of sp³-hybridized carbons (Fsp3) is 0.250. The second-order valence-corrected chi connectivity index (χ2v) is 3.20. The van der Waals surface area contributed by atoms with Crippen LogP contribution in [0.4, 0.5) is 0 Å². The first-order valence-electron chi connectivity index (χ1n) is 5.05. The molecule has 0 saturated heterocycles. The molecule has 0 unspecified atom stereocenters. The molecule has 86 valence electrons. The Kier molecular flexibility index (Phi) is 4.61. The number of benzene rings is 1. The molecule has 1 rings (SSSR count). The molecule has 5 heteroatoms. The van der Waals surface area contributed by atoms with E-state index in [-0.39, 0.29) is 23.6 Å². The maximum atomic E-state index is 11.5. The summed E-state index contributed by atoms with van der Waals surface area (Å²) in [6.07, 6.45) is 0.323. The molecule has 0 saturated carbocycles. The maximum Gasteiger partial charge on any atom is 0.166 e. The van der Waals surface area contributed by atoms with Gasteiger partial charge in [0.05, 0.1) is 12.1 Å². The smallest absolute Gasteiger partial charge is 0.166 e. The minimum Gasteiger partial charge on any atom is -0.507 e. The van der Waals surface area contributed by atoms with E-state index in [4.69, 9.17) is 5.53 Å². The van der Waals surface area contributed by atoms with Gasteiger partial charge in [0.25, 0.3) is 0 Å². The lowest BCUT2D eigenvalue weighted by atomic mass is 10.0. The van der Waals surface area contributed by atoms with E-state index >= 15 is 0 Å². The summed E-state index contributed by atoms with van der Waals surface area (Å²) in [4.78, 5) is 14.1. The van der Waals surface area contributed by atoms with Crippen molar-refractivity contribution in [2.24, 2.45) is 5.11 Å². The minimum absolute atomic E-state index is 0.0440. The van der Waals surface area contributed by atoms with Crippen LogP contribution in [0.15, 0.2) is 23.3 Å². The fourth-order valence-corrected chi connectivity index (χ4v) is 1.24. The lowest BCUT2D eigenvalue weighted by Crippen LogP contribution is -1.97. The van der Waals surface area contributed by atoms with Gasteiger partial charge in [-0.05, 0) is 23.7 Å². The van der Waals surface area contributed by atoms with Crippen LogP contribution in [0, 0.1) is 11.8 Å². The highest BCUT2D eigenvalue weighted by molar-refractivity contribution is 5.98. The van der Waals surface area contributed by atoms with Crippen molar-refractivity contribution in [2.75, 3.05) is 6.54 Å². The summed E-state index contributed by atoms with van der Waals surface area (Å²) in [5.74, 6) is 5.21. The Hall–Kier alpha value is -2.44. The van der Waals surface area contributed by atoms with Crippen LogP contribution in [-0.4, -0.2) is 17.4 Å². The summed E-state index contributed by atoms with van der Waals surface area (Å²) in [6, 6.07) is 4.57. The number of Topliss-reactive ketones (excluding diaryl/α,β-unsaturated/α-hetero) is 1. The summed E-state index contributed by atoms with van der Waals surface area (Å²) in [7, 11) is 0. The van der Waals surface area contributed by atoms with Crippen molar-refractivity contribution >= 4 is 5.78 Å². The fourth-order valence-electron chi connectivity index (χ4n) is 1.24. The average Bonchev–Trinajstić information content (AvgIpc) is 2.35. The molecule has 0 aliphatic rings. The molecule has 1 aromatic rings. The molecule has 0 radical (unpaired) electrons. The van der Waals surface area contributed by atoms with Crippen molar-refractivity contribution in [1.29, 1.82) is 0 Å². The number of carbonyl (C=O) groups excluding carboxylic acids is 1. The topological polar surface area (TPSA) is 86.1 Å². The molecule has 5 nitrogen and oxygen atoms in total. The van der Waals surface area contributed by atoms with E-state index < -0.39 is 0 Å². The molecule has 0 amide bonds. The first kappa shape index (κ1) is 12.6. The quantitative estimate of drug-likeness (QED) is 0.284. The van der Waals surface area contributed by atoms with E-state index in [1.54, 1.807) is 13.0 Å². The number of hydrogen-bond acceptors (Lipinski definition) is 3. The van der Waals surface area contributed by atoms with Crippen LogP contribution in [0.2, 0.25) is 0 Å². The zero-order valence-electron chi connectivity index (χ0n) is 9.34. The second-order valence-electron chi connectivity index (χ2n) is 3.20. The van der Waals surface area contributed by atoms with Gasteiger partial charge < -0.3 is 5.11 Å². The minimum atomic E-state index is -0.138. The Balaban J connectivity index is 2.98. The molecule has 0 aliphatic carbocycles. The number of aromatic hydroxyl groups is 1. The number of ketones is 1. The van der Waals surface area contributed by atoms with Crippen LogP contribution < -0.4 is 0 Å². The van der Waals surface area contributed by atoms with Crippen LogP contribution in [0.1, 0.15) is 29.3 Å². The van der Waals surface area contributed by atoms with E-state index in [1.165, 1.54) is 12.1 Å². The van der Waals surface area contributed by atoms with E-state index in [1.807, 2.05) is 0 Å². The summed E-state index contributed by atoms with van der Waals surface area (Å²) in [5, 5.41) is 12.8. The number of phenolic OH excluding ortho intramolecular Hbond substituents is 1. The third kappa shape index (κ3) is 3.56. The van der Waals surface area contributed by atoms with Crippen molar-refractivity contribution in [1.82, 2.24) is 0 Å². The van der Waals surface area contributed by atoms with Gasteiger partial charge in [-0.25, -0.2) is 0 Å². The lowest BCUT2D eigenvalue weighted by Gasteiger charge is -2.02. The standard InChI is InChI=1S/C12H11N3O2/c1-2-11(16)10-8-9(5-6-12(10)17)4-3-7-14-15-13/h5-6,8,17H,2,7H2,1H3. The van der Waals surface area contributed by atoms with Crippen molar-refractivity contribution in [3.05, 3.63) is 39.8 Å². The van der Waals surface area contributed by atoms with Crippen LogP contribution in [0.5, 0.6) is 5.75 Å². The van der Waals surface area contributed by atoms with Crippen molar-refractivity contribution in [3.8, 4) is 17.6 Å². The van der Waals surface area contributed by atoms with E-state index in [9.17, 15) is 9.90 Å². The summed E-state index contributed by atoms with van der Waals surface area (Å²) >= 11 is 0. The van der Waals surface area contributed by atoms with Crippen LogP contribution in [-0.2, 0) is 0 Å². The van der Waals surface area contributed by atoms with Gasteiger partial charge in [-0.3, -0.25) is 4.79 Å². The Morgan fingerprint density at radius 2 is 2.35 bits per heavy atom. The molecule has 0 spiro atoms.